The van der Waals surface area contributed by atoms with Gasteiger partial charge in [0.25, 0.3) is 5.91 Å². The fourth-order valence-corrected chi connectivity index (χ4v) is 6.03. The van der Waals surface area contributed by atoms with Crippen LogP contribution in [-0.4, -0.2) is 49.2 Å². The Kier molecular flexibility index (Phi) is 5.88. The van der Waals surface area contributed by atoms with E-state index in [4.69, 9.17) is 5.26 Å². The van der Waals surface area contributed by atoms with Gasteiger partial charge in [-0.25, -0.2) is 8.42 Å². The number of nitrogens with zero attached hydrogens (tertiary/aromatic N) is 3. The minimum Gasteiger partial charge on any atom is -0.326 e. The van der Waals surface area contributed by atoms with Crippen LogP contribution >= 0.6 is 11.3 Å². The second-order valence-corrected chi connectivity index (χ2v) is 10.4. The summed E-state index contributed by atoms with van der Waals surface area (Å²) in [5.74, 6) is 0.201. The molecule has 0 aromatic carbocycles. The Morgan fingerprint density at radius 3 is 2.89 bits per heavy atom. The molecule has 2 N–H and O–H groups in total. The molecule has 0 aliphatic carbocycles. The quantitative estimate of drug-likeness (QED) is 0.702. The minimum atomic E-state index is -2.97. The van der Waals surface area contributed by atoms with E-state index in [-0.39, 0.29) is 30.0 Å². The molecular formula is C18H24N5O3S2+. The molecule has 3 rings (SSSR count). The van der Waals surface area contributed by atoms with Gasteiger partial charge in [0.2, 0.25) is 0 Å². The number of nitriles is 1. The number of carbonyl (C=O) groups excluding carboxylic acids is 1. The average molecular weight is 423 g/mol. The molecule has 1 saturated heterocycles. The van der Waals surface area contributed by atoms with Crippen molar-refractivity contribution in [3.05, 3.63) is 34.0 Å². The van der Waals surface area contributed by atoms with Crippen LogP contribution in [0.3, 0.4) is 0 Å². The number of carbonyl (C=O) groups is 1. The molecule has 8 nitrogen and oxygen atoms in total. The number of thiophene rings is 1. The first-order chi connectivity index (χ1) is 13.2. The summed E-state index contributed by atoms with van der Waals surface area (Å²) in [6, 6.07) is 3.63. The van der Waals surface area contributed by atoms with Crippen LogP contribution in [0.4, 0.5) is 5.00 Å². The molecule has 0 saturated carbocycles. The Hall–Kier alpha value is -2.22. The molecule has 28 heavy (non-hydrogen) atoms. The molecule has 0 bridgehead atoms. The van der Waals surface area contributed by atoms with Crippen molar-refractivity contribution < 1.29 is 18.1 Å². The molecule has 1 unspecified atom stereocenters. The Morgan fingerprint density at radius 1 is 1.50 bits per heavy atom. The van der Waals surface area contributed by atoms with Gasteiger partial charge in [-0.1, -0.05) is 0 Å². The highest BCUT2D eigenvalue weighted by molar-refractivity contribution is 7.91. The highest BCUT2D eigenvalue weighted by atomic mass is 32.2. The zero-order chi connectivity index (χ0) is 20.5. The second kappa shape index (κ2) is 8.03. The van der Waals surface area contributed by atoms with E-state index in [1.165, 1.54) is 11.3 Å². The lowest BCUT2D eigenvalue weighted by molar-refractivity contribution is -0.885. The van der Waals surface area contributed by atoms with Gasteiger partial charge in [-0.2, -0.15) is 10.4 Å². The summed E-state index contributed by atoms with van der Waals surface area (Å²) in [6.45, 7) is 4.74. The maximum Gasteiger partial charge on any atom is 0.280 e. The first-order valence-electron chi connectivity index (χ1n) is 9.04. The van der Waals surface area contributed by atoms with Crippen molar-refractivity contribution in [3.63, 3.8) is 0 Å². The smallest absolute Gasteiger partial charge is 0.280 e. The van der Waals surface area contributed by atoms with E-state index in [0.29, 0.717) is 23.5 Å². The van der Waals surface area contributed by atoms with Crippen molar-refractivity contribution in [2.24, 2.45) is 0 Å². The van der Waals surface area contributed by atoms with Gasteiger partial charge in [-0.05, 0) is 31.7 Å². The molecule has 1 aliphatic heterocycles. The SMILES string of the molecule is Cc1nn([C@@H]2CCS(=O)(=O)C2)c(C)c1C[NH+](C)CC(=O)Nc1sccc1C#N. The summed E-state index contributed by atoms with van der Waals surface area (Å²) in [5, 5.41) is 18.8. The van der Waals surface area contributed by atoms with Crippen LogP contribution in [0, 0.1) is 25.2 Å². The van der Waals surface area contributed by atoms with Crippen molar-refractivity contribution >= 4 is 32.1 Å². The summed E-state index contributed by atoms with van der Waals surface area (Å²) in [6.07, 6.45) is 0.594. The van der Waals surface area contributed by atoms with E-state index < -0.39 is 9.84 Å². The van der Waals surface area contributed by atoms with Crippen LogP contribution in [0.5, 0.6) is 0 Å². The molecule has 1 aliphatic rings. The van der Waals surface area contributed by atoms with Crippen molar-refractivity contribution in [3.8, 4) is 6.07 Å². The number of likely N-dealkylation sites (N-methyl/N-ethyl adjacent to an activating group) is 1. The van der Waals surface area contributed by atoms with Gasteiger partial charge in [0.1, 0.15) is 17.6 Å². The standard InChI is InChI=1S/C18H23N5O3S2/c1-12-16(13(2)23(21-12)15-5-7-28(25,26)11-15)9-22(3)10-17(24)20-18-14(8-19)4-6-27-18/h4,6,15H,5,7,9-11H2,1-3H3,(H,20,24)/p+1/t15-/m1/s1. The van der Waals surface area contributed by atoms with E-state index in [0.717, 1.165) is 21.9 Å². The predicted molar refractivity (Wildman–Crippen MR) is 107 cm³/mol. The van der Waals surface area contributed by atoms with E-state index in [1.807, 2.05) is 25.6 Å². The van der Waals surface area contributed by atoms with Crippen molar-refractivity contribution in [2.75, 3.05) is 30.4 Å². The van der Waals surface area contributed by atoms with E-state index >= 15 is 0 Å². The van der Waals surface area contributed by atoms with Crippen LogP contribution in [0.25, 0.3) is 0 Å². The first kappa shape index (κ1) is 20.5. The lowest BCUT2D eigenvalue weighted by Crippen LogP contribution is -3.08. The van der Waals surface area contributed by atoms with Gasteiger partial charge >= 0.3 is 0 Å². The normalized spacial score (nSPS) is 19.3. The number of aromatic nitrogens is 2. The summed E-state index contributed by atoms with van der Waals surface area (Å²) in [7, 11) is -1.05. The minimum absolute atomic E-state index is 0.107. The van der Waals surface area contributed by atoms with E-state index in [1.54, 1.807) is 11.4 Å². The zero-order valence-electron chi connectivity index (χ0n) is 16.2. The Labute approximate surface area is 168 Å². The number of hydrogen-bond acceptors (Lipinski definition) is 6. The molecule has 1 amide bonds. The number of sulfone groups is 1. The van der Waals surface area contributed by atoms with Crippen LogP contribution in [0.1, 0.15) is 35.0 Å². The number of hydrogen-bond donors (Lipinski definition) is 2. The molecule has 1 fully saturated rings. The maximum absolute atomic E-state index is 12.3. The van der Waals surface area contributed by atoms with Gasteiger partial charge in [0.15, 0.2) is 16.4 Å². The lowest BCUT2D eigenvalue weighted by Gasteiger charge is -2.15. The molecule has 10 heteroatoms. The van der Waals surface area contributed by atoms with Crippen molar-refractivity contribution in [2.45, 2.75) is 32.9 Å². The molecular weight excluding hydrogens is 398 g/mol. The fourth-order valence-electron chi connectivity index (χ4n) is 3.58. The van der Waals surface area contributed by atoms with Gasteiger partial charge in [0, 0.05) is 5.69 Å². The summed E-state index contributed by atoms with van der Waals surface area (Å²) in [4.78, 5) is 13.3. The third-order valence-electron chi connectivity index (χ3n) is 5.01. The summed E-state index contributed by atoms with van der Waals surface area (Å²) in [5.41, 5.74) is 3.34. The van der Waals surface area contributed by atoms with Crippen LogP contribution in [0.2, 0.25) is 0 Å². The highest BCUT2D eigenvalue weighted by Gasteiger charge is 2.32. The topological polar surface area (TPSA) is 109 Å². The Bertz CT molecular complexity index is 1030. The third-order valence-corrected chi connectivity index (χ3v) is 7.59. The molecule has 2 atom stereocenters. The number of quaternary nitrogens is 1. The monoisotopic (exact) mass is 422 g/mol. The molecule has 150 valence electrons. The lowest BCUT2D eigenvalue weighted by atomic mass is 10.1. The van der Waals surface area contributed by atoms with Crippen LogP contribution in [0.15, 0.2) is 11.4 Å². The van der Waals surface area contributed by atoms with Crippen LogP contribution in [-0.2, 0) is 21.2 Å². The van der Waals surface area contributed by atoms with Crippen molar-refractivity contribution in [1.29, 1.82) is 5.26 Å². The Balaban J connectivity index is 1.65. The maximum atomic E-state index is 12.3. The summed E-state index contributed by atoms with van der Waals surface area (Å²) >= 11 is 1.33. The summed E-state index contributed by atoms with van der Waals surface area (Å²) < 4.78 is 25.4. The third kappa shape index (κ3) is 4.43. The van der Waals surface area contributed by atoms with E-state index in [9.17, 15) is 13.2 Å². The fraction of sp³-hybridized carbons (Fsp3) is 0.500. The van der Waals surface area contributed by atoms with Gasteiger partial charge in [0.05, 0.1) is 41.4 Å². The molecule has 0 spiro atoms. The number of rotatable bonds is 6. The van der Waals surface area contributed by atoms with Gasteiger partial charge in [-0.15, -0.1) is 11.3 Å². The largest absolute Gasteiger partial charge is 0.326 e. The van der Waals surface area contributed by atoms with Crippen LogP contribution < -0.4 is 10.2 Å². The van der Waals surface area contributed by atoms with Gasteiger partial charge < -0.3 is 10.2 Å². The number of aryl methyl sites for hydroxylation is 1. The first-order valence-corrected chi connectivity index (χ1v) is 11.7. The number of anilines is 1. The average Bonchev–Trinajstić information content (AvgIpc) is 3.28. The number of nitrogens with one attached hydrogen (secondary N) is 2. The molecule has 0 radical (unpaired) electrons. The highest BCUT2D eigenvalue weighted by Crippen LogP contribution is 2.26. The zero-order valence-corrected chi connectivity index (χ0v) is 17.8. The van der Waals surface area contributed by atoms with E-state index in [2.05, 4.69) is 16.5 Å². The van der Waals surface area contributed by atoms with Crippen molar-refractivity contribution in [1.82, 2.24) is 9.78 Å². The molecule has 2 aromatic heterocycles. The molecule has 2 aromatic rings. The molecule has 3 heterocycles. The number of amides is 1. The second-order valence-electron chi connectivity index (χ2n) is 7.28. The Morgan fingerprint density at radius 2 is 2.25 bits per heavy atom. The predicted octanol–water partition coefficient (Wildman–Crippen LogP) is 0.446. The van der Waals surface area contributed by atoms with Gasteiger partial charge in [-0.3, -0.25) is 9.48 Å².